The number of piperazine rings is 1. The van der Waals surface area contributed by atoms with Crippen LogP contribution in [0.5, 0.6) is 0 Å². The molecule has 1 N–H and O–H groups in total. The molecule has 9 heteroatoms. The third kappa shape index (κ3) is 7.18. The molecule has 0 bridgehead atoms. The second-order valence-corrected chi connectivity index (χ2v) is 8.97. The number of sulfonamides is 1. The fraction of sp³-hybridized carbons (Fsp3) is 0.938. The first-order valence-electron chi connectivity index (χ1n) is 8.98. The Labute approximate surface area is 169 Å². The highest BCUT2D eigenvalue weighted by Gasteiger charge is 2.35. The van der Waals surface area contributed by atoms with Gasteiger partial charge in [0.2, 0.25) is 10.0 Å². The molecule has 0 aromatic rings. The number of halogens is 1. The van der Waals surface area contributed by atoms with Crippen molar-refractivity contribution in [3.63, 3.8) is 0 Å². The van der Waals surface area contributed by atoms with E-state index < -0.39 is 10.0 Å². The molecule has 2 aliphatic rings. The van der Waals surface area contributed by atoms with Gasteiger partial charge in [-0.2, -0.15) is 4.31 Å². The van der Waals surface area contributed by atoms with E-state index in [4.69, 9.17) is 4.74 Å². The summed E-state index contributed by atoms with van der Waals surface area (Å²) >= 11 is 0. The average Bonchev–Trinajstić information content (AvgIpc) is 3.21. The van der Waals surface area contributed by atoms with Gasteiger partial charge in [0.1, 0.15) is 0 Å². The maximum Gasteiger partial charge on any atom is 0.216 e. The van der Waals surface area contributed by atoms with Crippen LogP contribution in [0.4, 0.5) is 0 Å². The Balaban J connectivity index is 0.00000312. The average molecular weight is 488 g/mol. The van der Waals surface area contributed by atoms with Crippen LogP contribution in [0, 0.1) is 5.92 Å². The number of rotatable bonds is 7. The number of nitrogens with one attached hydrogen (secondary N) is 1. The zero-order valence-corrected chi connectivity index (χ0v) is 18.9. The maximum atomic E-state index is 12.4. The van der Waals surface area contributed by atoms with Crippen LogP contribution in [0.15, 0.2) is 4.99 Å². The Morgan fingerprint density at radius 2 is 1.88 bits per heavy atom. The molecule has 2 fully saturated rings. The van der Waals surface area contributed by atoms with Crippen molar-refractivity contribution in [3.8, 4) is 0 Å². The van der Waals surface area contributed by atoms with Crippen molar-refractivity contribution in [2.45, 2.75) is 46.3 Å². The van der Waals surface area contributed by atoms with Gasteiger partial charge in [-0.15, -0.1) is 24.0 Å². The molecule has 1 saturated heterocycles. The largest absolute Gasteiger partial charge is 0.378 e. The highest BCUT2D eigenvalue weighted by atomic mass is 127. The van der Waals surface area contributed by atoms with Crippen molar-refractivity contribution in [1.82, 2.24) is 14.5 Å². The van der Waals surface area contributed by atoms with Crippen molar-refractivity contribution in [2.24, 2.45) is 10.9 Å². The summed E-state index contributed by atoms with van der Waals surface area (Å²) < 4.78 is 31.7. The van der Waals surface area contributed by atoms with Crippen LogP contribution in [0.25, 0.3) is 0 Å². The molecule has 1 saturated carbocycles. The van der Waals surface area contributed by atoms with Gasteiger partial charge >= 0.3 is 0 Å². The van der Waals surface area contributed by atoms with E-state index in [9.17, 15) is 8.42 Å². The molecule has 7 nitrogen and oxygen atoms in total. The van der Waals surface area contributed by atoms with Gasteiger partial charge in [-0.25, -0.2) is 8.42 Å². The predicted molar refractivity (Wildman–Crippen MR) is 112 cm³/mol. The van der Waals surface area contributed by atoms with Crippen LogP contribution >= 0.6 is 24.0 Å². The van der Waals surface area contributed by atoms with Gasteiger partial charge in [-0.3, -0.25) is 4.99 Å². The topological polar surface area (TPSA) is 74.2 Å². The summed E-state index contributed by atoms with van der Waals surface area (Å²) in [5.41, 5.74) is 0. The smallest absolute Gasteiger partial charge is 0.216 e. The molecule has 0 spiro atoms. The summed E-state index contributed by atoms with van der Waals surface area (Å²) in [6.07, 6.45) is 1.24. The minimum absolute atomic E-state index is 0. The van der Waals surface area contributed by atoms with Crippen LogP contribution < -0.4 is 5.32 Å². The molecule has 2 rings (SSSR count). The molecule has 1 heterocycles. The van der Waals surface area contributed by atoms with Crippen LogP contribution in [0.1, 0.15) is 34.1 Å². The lowest BCUT2D eigenvalue weighted by atomic mass is 10.4. The lowest BCUT2D eigenvalue weighted by Crippen LogP contribution is -2.54. The van der Waals surface area contributed by atoms with Crippen molar-refractivity contribution in [3.05, 3.63) is 0 Å². The molecule has 2 atom stereocenters. The molecule has 0 amide bonds. The summed E-state index contributed by atoms with van der Waals surface area (Å²) in [6, 6.07) is 0.519. The summed E-state index contributed by atoms with van der Waals surface area (Å²) in [7, 11) is -3.24. The highest BCUT2D eigenvalue weighted by Crippen LogP contribution is 2.29. The second kappa shape index (κ2) is 10.3. The van der Waals surface area contributed by atoms with Crippen LogP contribution in [-0.2, 0) is 14.8 Å². The van der Waals surface area contributed by atoms with Gasteiger partial charge in [0, 0.05) is 38.8 Å². The van der Waals surface area contributed by atoms with E-state index in [1.54, 1.807) is 4.31 Å². The van der Waals surface area contributed by atoms with E-state index in [1.807, 2.05) is 20.8 Å². The van der Waals surface area contributed by atoms with E-state index in [0.29, 0.717) is 38.1 Å². The molecule has 2 unspecified atom stereocenters. The quantitative estimate of drug-likeness (QED) is 0.333. The molecular weight excluding hydrogens is 455 g/mol. The third-order valence-electron chi connectivity index (χ3n) is 4.46. The van der Waals surface area contributed by atoms with Gasteiger partial charge in [-0.05, 0) is 33.1 Å². The minimum atomic E-state index is -3.24. The van der Waals surface area contributed by atoms with Crippen molar-refractivity contribution >= 4 is 40.0 Å². The summed E-state index contributed by atoms with van der Waals surface area (Å²) in [4.78, 5) is 6.73. The van der Waals surface area contributed by atoms with Gasteiger partial charge in [0.25, 0.3) is 0 Å². The van der Waals surface area contributed by atoms with Gasteiger partial charge in [0.05, 0.1) is 18.5 Å². The number of hydrogen-bond donors (Lipinski definition) is 1. The summed E-state index contributed by atoms with van der Waals surface area (Å²) in [5.74, 6) is 1.68. The normalized spacial score (nSPS) is 25.0. The molecule has 25 heavy (non-hydrogen) atoms. The van der Waals surface area contributed by atoms with E-state index >= 15 is 0 Å². The predicted octanol–water partition coefficient (Wildman–Crippen LogP) is 1.35. The Morgan fingerprint density at radius 1 is 1.28 bits per heavy atom. The van der Waals surface area contributed by atoms with Crippen molar-refractivity contribution in [2.75, 3.05) is 45.1 Å². The van der Waals surface area contributed by atoms with Crippen LogP contribution in [0.2, 0.25) is 0 Å². The number of ether oxygens (including phenoxy) is 1. The summed E-state index contributed by atoms with van der Waals surface area (Å²) in [5, 5.41) is 3.50. The molecule has 148 valence electrons. The lowest BCUT2D eigenvalue weighted by molar-refractivity contribution is 0.0904. The Kier molecular flexibility index (Phi) is 9.41. The SMILES string of the molecule is CCN=C(NC1CC1C)N1CCN(S(=O)(=O)CCOC(C)C)CC1.I. The number of hydrogen-bond acceptors (Lipinski definition) is 4. The van der Waals surface area contributed by atoms with E-state index in [2.05, 4.69) is 22.1 Å². The molecule has 1 aliphatic heterocycles. The van der Waals surface area contributed by atoms with Gasteiger partial charge in [0.15, 0.2) is 5.96 Å². The van der Waals surface area contributed by atoms with Crippen molar-refractivity contribution < 1.29 is 13.2 Å². The Bertz CT molecular complexity index is 533. The first-order chi connectivity index (χ1) is 11.3. The number of aliphatic imine (C=N–C) groups is 1. The first-order valence-corrected chi connectivity index (χ1v) is 10.6. The Morgan fingerprint density at radius 3 is 2.36 bits per heavy atom. The third-order valence-corrected chi connectivity index (χ3v) is 6.29. The maximum absolute atomic E-state index is 12.4. The molecule has 0 aromatic carbocycles. The monoisotopic (exact) mass is 488 g/mol. The van der Waals surface area contributed by atoms with E-state index in [1.165, 1.54) is 6.42 Å². The number of guanidine groups is 1. The zero-order chi connectivity index (χ0) is 17.7. The van der Waals surface area contributed by atoms with Crippen molar-refractivity contribution in [1.29, 1.82) is 0 Å². The van der Waals surface area contributed by atoms with Gasteiger partial charge < -0.3 is 15.0 Å². The fourth-order valence-corrected chi connectivity index (χ4v) is 4.06. The molecule has 1 aliphatic carbocycles. The molecule has 0 radical (unpaired) electrons. The zero-order valence-electron chi connectivity index (χ0n) is 15.8. The van der Waals surface area contributed by atoms with Gasteiger partial charge in [-0.1, -0.05) is 6.92 Å². The molecular formula is C16H33IN4O3S. The number of nitrogens with zero attached hydrogens (tertiary/aromatic N) is 3. The minimum Gasteiger partial charge on any atom is -0.378 e. The van der Waals surface area contributed by atoms with E-state index in [0.717, 1.165) is 12.5 Å². The molecule has 0 aromatic heterocycles. The lowest BCUT2D eigenvalue weighted by Gasteiger charge is -2.36. The Hall–Kier alpha value is -0.130. The fourth-order valence-electron chi connectivity index (χ4n) is 2.77. The van der Waals surface area contributed by atoms with E-state index in [-0.39, 0.29) is 42.4 Å². The standard InChI is InChI=1S/C16H32N4O3S.HI/c1-5-17-16(18-15-12-14(15)4)19-6-8-20(9-7-19)24(21,22)11-10-23-13(2)3;/h13-15H,5-12H2,1-4H3,(H,17,18);1H. The summed E-state index contributed by atoms with van der Waals surface area (Å²) in [6.45, 7) is 11.4. The first kappa shape index (κ1) is 22.9. The van der Waals surface area contributed by atoms with Crippen LogP contribution in [-0.4, -0.2) is 80.8 Å². The van der Waals surface area contributed by atoms with Crippen LogP contribution in [0.3, 0.4) is 0 Å². The highest BCUT2D eigenvalue weighted by molar-refractivity contribution is 14.0. The second-order valence-electron chi connectivity index (χ2n) is 6.88.